The molecule has 24 heavy (non-hydrogen) atoms. The summed E-state index contributed by atoms with van der Waals surface area (Å²) in [6.45, 7) is 3.02. The first kappa shape index (κ1) is 15.2. The highest BCUT2D eigenvalue weighted by Gasteiger charge is 2.22. The summed E-state index contributed by atoms with van der Waals surface area (Å²) in [4.78, 5) is 14.9. The van der Waals surface area contributed by atoms with E-state index in [1.54, 1.807) is 16.7 Å². The Bertz CT molecular complexity index is 921. The first-order valence-corrected chi connectivity index (χ1v) is 8.27. The van der Waals surface area contributed by atoms with Gasteiger partial charge in [0.2, 0.25) is 0 Å². The van der Waals surface area contributed by atoms with Crippen LogP contribution in [-0.4, -0.2) is 30.4 Å². The van der Waals surface area contributed by atoms with Crippen molar-refractivity contribution in [1.82, 2.24) is 23.8 Å². The number of aromatic nitrogens is 4. The highest BCUT2D eigenvalue weighted by atomic mass is 35.5. The van der Waals surface area contributed by atoms with Crippen LogP contribution in [0.25, 0.3) is 5.69 Å². The highest BCUT2D eigenvalue weighted by Crippen LogP contribution is 2.15. The second-order valence-electron chi connectivity index (χ2n) is 6.06. The minimum absolute atomic E-state index is 0.0918. The third-order valence-corrected chi connectivity index (χ3v) is 4.70. The molecule has 0 spiro atoms. The Morgan fingerprint density at radius 1 is 1.17 bits per heavy atom. The van der Waals surface area contributed by atoms with Crippen LogP contribution in [0, 0.1) is 0 Å². The Hall–Kier alpha value is -2.31. The van der Waals surface area contributed by atoms with E-state index in [-0.39, 0.29) is 5.69 Å². The maximum Gasteiger partial charge on any atom is 0.350 e. The summed E-state index contributed by atoms with van der Waals surface area (Å²) >= 11 is 5.92. The molecule has 0 N–H and O–H groups in total. The molecule has 0 bridgehead atoms. The molecule has 124 valence electrons. The van der Waals surface area contributed by atoms with Gasteiger partial charge in [-0.2, -0.15) is 4.68 Å². The van der Waals surface area contributed by atoms with Crippen LogP contribution in [0.5, 0.6) is 0 Å². The number of benzene rings is 1. The first-order chi connectivity index (χ1) is 11.6. The SMILES string of the molecule is Cn1cccc1CN1CCn2c(nn(-c3ccc(Cl)cc3)c2=O)C1. The predicted molar refractivity (Wildman–Crippen MR) is 92.4 cm³/mol. The zero-order valence-electron chi connectivity index (χ0n) is 13.4. The number of fused-ring (bicyclic) bond motifs is 1. The number of aryl methyl sites for hydroxylation is 1. The van der Waals surface area contributed by atoms with Crippen molar-refractivity contribution in [3.05, 3.63) is 69.6 Å². The normalized spacial score (nSPS) is 14.8. The zero-order valence-corrected chi connectivity index (χ0v) is 14.1. The van der Waals surface area contributed by atoms with Crippen LogP contribution in [0.2, 0.25) is 5.02 Å². The van der Waals surface area contributed by atoms with Gasteiger partial charge in [0, 0.05) is 43.6 Å². The van der Waals surface area contributed by atoms with E-state index >= 15 is 0 Å². The van der Waals surface area contributed by atoms with E-state index in [1.165, 1.54) is 10.4 Å². The summed E-state index contributed by atoms with van der Waals surface area (Å²) in [6.07, 6.45) is 2.05. The van der Waals surface area contributed by atoms with Gasteiger partial charge in [0.1, 0.15) is 5.82 Å². The highest BCUT2D eigenvalue weighted by molar-refractivity contribution is 6.30. The summed E-state index contributed by atoms with van der Waals surface area (Å²) in [6, 6.07) is 11.3. The standard InChI is InChI=1S/C17H18ClN5O/c1-20-8-2-3-15(20)11-21-9-10-22-16(12-21)19-23(17(22)24)14-6-4-13(18)5-7-14/h2-8H,9-12H2,1H3. The molecular formula is C17H18ClN5O. The van der Waals surface area contributed by atoms with Crippen molar-refractivity contribution < 1.29 is 0 Å². The monoisotopic (exact) mass is 343 g/mol. The van der Waals surface area contributed by atoms with Crippen LogP contribution in [0.1, 0.15) is 11.5 Å². The van der Waals surface area contributed by atoms with E-state index in [9.17, 15) is 4.79 Å². The van der Waals surface area contributed by atoms with Crippen LogP contribution >= 0.6 is 11.6 Å². The van der Waals surface area contributed by atoms with E-state index in [4.69, 9.17) is 11.6 Å². The largest absolute Gasteiger partial charge is 0.353 e. The molecule has 1 aromatic carbocycles. The van der Waals surface area contributed by atoms with E-state index in [2.05, 4.69) is 20.6 Å². The Balaban J connectivity index is 1.60. The third kappa shape index (κ3) is 2.68. The minimum atomic E-state index is -0.0918. The second-order valence-corrected chi connectivity index (χ2v) is 6.50. The van der Waals surface area contributed by atoms with Gasteiger partial charge in [-0.25, -0.2) is 4.79 Å². The van der Waals surface area contributed by atoms with Crippen LogP contribution in [0.4, 0.5) is 0 Å². The molecule has 7 heteroatoms. The maximum absolute atomic E-state index is 12.6. The molecule has 3 aromatic rings. The van der Waals surface area contributed by atoms with Gasteiger partial charge >= 0.3 is 5.69 Å². The minimum Gasteiger partial charge on any atom is -0.353 e. The molecule has 2 aromatic heterocycles. The molecule has 0 saturated carbocycles. The first-order valence-electron chi connectivity index (χ1n) is 7.89. The summed E-state index contributed by atoms with van der Waals surface area (Å²) in [5.74, 6) is 0.801. The second kappa shape index (κ2) is 5.96. The van der Waals surface area contributed by atoms with E-state index in [1.807, 2.05) is 31.4 Å². The number of nitrogens with zero attached hydrogens (tertiary/aromatic N) is 5. The van der Waals surface area contributed by atoms with Gasteiger partial charge in [0.15, 0.2) is 0 Å². The zero-order chi connectivity index (χ0) is 16.7. The van der Waals surface area contributed by atoms with Crippen molar-refractivity contribution in [2.24, 2.45) is 7.05 Å². The Morgan fingerprint density at radius 2 is 1.96 bits per heavy atom. The quantitative estimate of drug-likeness (QED) is 0.731. The molecule has 1 aliphatic heterocycles. The topological polar surface area (TPSA) is 48.0 Å². The fourth-order valence-corrected chi connectivity index (χ4v) is 3.20. The molecule has 6 nitrogen and oxygen atoms in total. The number of hydrogen-bond acceptors (Lipinski definition) is 3. The molecule has 0 atom stereocenters. The summed E-state index contributed by atoms with van der Waals surface area (Å²) in [7, 11) is 2.05. The van der Waals surface area contributed by atoms with E-state index < -0.39 is 0 Å². The fourth-order valence-electron chi connectivity index (χ4n) is 3.07. The lowest BCUT2D eigenvalue weighted by Gasteiger charge is -2.26. The molecule has 4 rings (SSSR count). The molecule has 0 saturated heterocycles. The average Bonchev–Trinajstić information content (AvgIpc) is 3.12. The Labute approximate surface area is 144 Å². The van der Waals surface area contributed by atoms with Crippen LogP contribution in [0.15, 0.2) is 47.4 Å². The van der Waals surface area contributed by atoms with E-state index in [0.717, 1.165) is 24.6 Å². The van der Waals surface area contributed by atoms with Crippen molar-refractivity contribution in [1.29, 1.82) is 0 Å². The predicted octanol–water partition coefficient (Wildman–Crippen LogP) is 2.04. The van der Waals surface area contributed by atoms with Crippen LogP contribution in [-0.2, 0) is 26.7 Å². The Morgan fingerprint density at radius 3 is 2.67 bits per heavy atom. The van der Waals surface area contributed by atoms with Gasteiger partial charge in [-0.05, 0) is 36.4 Å². The lowest BCUT2D eigenvalue weighted by atomic mass is 10.3. The lowest BCUT2D eigenvalue weighted by molar-refractivity contribution is 0.203. The fraction of sp³-hybridized carbons (Fsp3) is 0.294. The van der Waals surface area contributed by atoms with E-state index in [0.29, 0.717) is 18.1 Å². The Kier molecular flexibility index (Phi) is 3.78. The van der Waals surface area contributed by atoms with Gasteiger partial charge in [-0.3, -0.25) is 9.47 Å². The summed E-state index contributed by atoms with van der Waals surface area (Å²) < 4.78 is 5.34. The van der Waals surface area contributed by atoms with Crippen LogP contribution in [0.3, 0.4) is 0 Å². The molecule has 0 radical (unpaired) electrons. The molecule has 0 unspecified atom stereocenters. The van der Waals surface area contributed by atoms with Crippen molar-refractivity contribution in [2.75, 3.05) is 6.54 Å². The summed E-state index contributed by atoms with van der Waals surface area (Å²) in [5, 5.41) is 5.17. The smallest absolute Gasteiger partial charge is 0.350 e. The van der Waals surface area contributed by atoms with Gasteiger partial charge in [0.05, 0.1) is 12.2 Å². The average molecular weight is 344 g/mol. The van der Waals surface area contributed by atoms with Crippen molar-refractivity contribution in [3.8, 4) is 5.69 Å². The molecular weight excluding hydrogens is 326 g/mol. The molecule has 0 amide bonds. The van der Waals surface area contributed by atoms with Gasteiger partial charge in [0.25, 0.3) is 0 Å². The van der Waals surface area contributed by atoms with Gasteiger partial charge in [-0.15, -0.1) is 5.10 Å². The molecule has 0 aliphatic carbocycles. The molecule has 1 aliphatic rings. The molecule has 3 heterocycles. The van der Waals surface area contributed by atoms with Crippen molar-refractivity contribution in [2.45, 2.75) is 19.6 Å². The summed E-state index contributed by atoms with van der Waals surface area (Å²) in [5.41, 5.74) is 1.90. The van der Waals surface area contributed by atoms with Crippen molar-refractivity contribution in [3.63, 3.8) is 0 Å². The van der Waals surface area contributed by atoms with Gasteiger partial charge < -0.3 is 4.57 Å². The third-order valence-electron chi connectivity index (χ3n) is 4.45. The van der Waals surface area contributed by atoms with Gasteiger partial charge in [-0.1, -0.05) is 11.6 Å². The van der Waals surface area contributed by atoms with Crippen LogP contribution < -0.4 is 5.69 Å². The maximum atomic E-state index is 12.6. The number of rotatable bonds is 3. The number of hydrogen-bond donors (Lipinski definition) is 0. The van der Waals surface area contributed by atoms with Crippen molar-refractivity contribution >= 4 is 11.6 Å². The lowest BCUT2D eigenvalue weighted by Crippen LogP contribution is -2.37. The molecule has 0 fully saturated rings. The number of halogens is 1.